The van der Waals surface area contributed by atoms with Gasteiger partial charge in [-0.05, 0) is 51.1 Å². The lowest BCUT2D eigenvalue weighted by Crippen LogP contribution is -2.24. The van der Waals surface area contributed by atoms with Gasteiger partial charge in [0, 0.05) is 6.61 Å². The van der Waals surface area contributed by atoms with Crippen molar-refractivity contribution in [2.45, 2.75) is 25.7 Å². The van der Waals surface area contributed by atoms with Gasteiger partial charge in [0.15, 0.2) is 0 Å². The van der Waals surface area contributed by atoms with Gasteiger partial charge in [-0.2, -0.15) is 0 Å². The van der Waals surface area contributed by atoms with E-state index in [1.807, 2.05) is 7.05 Å². The lowest BCUT2D eigenvalue weighted by Gasteiger charge is -2.26. The van der Waals surface area contributed by atoms with Crippen LogP contribution in [0, 0.1) is 11.8 Å². The van der Waals surface area contributed by atoms with Crippen molar-refractivity contribution < 1.29 is 5.11 Å². The van der Waals surface area contributed by atoms with Gasteiger partial charge in [-0.15, -0.1) is 0 Å². The zero-order valence-corrected chi connectivity index (χ0v) is 7.34. The average molecular weight is 157 g/mol. The lowest BCUT2D eigenvalue weighted by molar-refractivity contribution is 0.167. The molecule has 1 aliphatic rings. The summed E-state index contributed by atoms with van der Waals surface area (Å²) in [6.45, 7) is 1.55. The quantitative estimate of drug-likeness (QED) is 0.640. The van der Waals surface area contributed by atoms with Gasteiger partial charge in [0.25, 0.3) is 0 Å². The molecule has 0 aromatic carbocycles. The fourth-order valence-electron chi connectivity index (χ4n) is 1.91. The Bertz CT molecular complexity index is 97.7. The molecule has 2 nitrogen and oxygen atoms in total. The molecule has 0 saturated heterocycles. The maximum Gasteiger partial charge on any atom is 0.0459 e. The van der Waals surface area contributed by atoms with Crippen LogP contribution in [0.2, 0.25) is 0 Å². The summed E-state index contributed by atoms with van der Waals surface area (Å²) in [4.78, 5) is 0. The van der Waals surface area contributed by atoms with Gasteiger partial charge in [-0.3, -0.25) is 0 Å². The minimum atomic E-state index is 0.395. The van der Waals surface area contributed by atoms with Crippen molar-refractivity contribution in [3.8, 4) is 0 Å². The normalized spacial score (nSPS) is 32.2. The summed E-state index contributed by atoms with van der Waals surface area (Å²) in [7, 11) is 2.01. The predicted octanol–water partition coefficient (Wildman–Crippen LogP) is 1.00. The van der Waals surface area contributed by atoms with E-state index in [4.69, 9.17) is 5.11 Å². The first-order chi connectivity index (χ1) is 5.36. The first kappa shape index (κ1) is 9.01. The van der Waals surface area contributed by atoms with Crippen molar-refractivity contribution >= 4 is 0 Å². The zero-order chi connectivity index (χ0) is 8.10. The number of rotatable bonds is 3. The number of nitrogens with one attached hydrogen (secondary N) is 1. The highest BCUT2D eigenvalue weighted by atomic mass is 16.3. The fourth-order valence-corrected chi connectivity index (χ4v) is 1.91. The number of aliphatic hydroxyl groups is 1. The molecule has 1 saturated carbocycles. The van der Waals surface area contributed by atoms with Crippen LogP contribution in [0.5, 0.6) is 0 Å². The third-order valence-electron chi connectivity index (χ3n) is 2.72. The van der Waals surface area contributed by atoms with Crippen LogP contribution in [0.4, 0.5) is 0 Å². The van der Waals surface area contributed by atoms with Gasteiger partial charge in [-0.1, -0.05) is 0 Å². The Labute approximate surface area is 69.0 Å². The molecule has 1 aliphatic carbocycles. The second-order valence-electron chi connectivity index (χ2n) is 3.63. The molecule has 0 unspecified atom stereocenters. The van der Waals surface area contributed by atoms with E-state index in [-0.39, 0.29) is 0 Å². The van der Waals surface area contributed by atoms with E-state index in [0.717, 1.165) is 12.5 Å². The van der Waals surface area contributed by atoms with Crippen LogP contribution < -0.4 is 5.32 Å². The smallest absolute Gasteiger partial charge is 0.0459 e. The van der Waals surface area contributed by atoms with Crippen molar-refractivity contribution in [1.29, 1.82) is 0 Å². The van der Waals surface area contributed by atoms with Crippen LogP contribution in [-0.2, 0) is 0 Å². The molecule has 1 rings (SSSR count). The van der Waals surface area contributed by atoms with Crippen molar-refractivity contribution in [3.63, 3.8) is 0 Å². The SMILES string of the molecule is CNC[C@H]1CC[C@H](CO)CC1. The Kier molecular flexibility index (Phi) is 3.87. The molecule has 0 atom stereocenters. The predicted molar refractivity (Wildman–Crippen MR) is 46.5 cm³/mol. The van der Waals surface area contributed by atoms with Crippen molar-refractivity contribution in [2.75, 3.05) is 20.2 Å². The van der Waals surface area contributed by atoms with Gasteiger partial charge in [-0.25, -0.2) is 0 Å². The molecule has 0 heterocycles. The van der Waals surface area contributed by atoms with Gasteiger partial charge in [0.05, 0.1) is 0 Å². The van der Waals surface area contributed by atoms with Gasteiger partial charge in [0.2, 0.25) is 0 Å². The number of aliphatic hydroxyl groups excluding tert-OH is 1. The van der Waals surface area contributed by atoms with Crippen LogP contribution in [0.3, 0.4) is 0 Å². The first-order valence-electron chi connectivity index (χ1n) is 4.62. The van der Waals surface area contributed by atoms with Crippen molar-refractivity contribution in [2.24, 2.45) is 11.8 Å². The molecule has 0 aliphatic heterocycles. The summed E-state index contributed by atoms with van der Waals surface area (Å²) in [5.74, 6) is 1.46. The molecular formula is C9H19NO. The van der Waals surface area contributed by atoms with Gasteiger partial charge in [0.1, 0.15) is 0 Å². The summed E-state index contributed by atoms with van der Waals surface area (Å²) in [6, 6.07) is 0. The fraction of sp³-hybridized carbons (Fsp3) is 1.00. The van der Waals surface area contributed by atoms with E-state index in [1.165, 1.54) is 25.7 Å². The van der Waals surface area contributed by atoms with Crippen LogP contribution in [0.15, 0.2) is 0 Å². The number of hydrogen-bond donors (Lipinski definition) is 2. The zero-order valence-electron chi connectivity index (χ0n) is 7.34. The molecule has 2 N–H and O–H groups in total. The second-order valence-corrected chi connectivity index (χ2v) is 3.63. The summed E-state index contributed by atoms with van der Waals surface area (Å²) in [5.41, 5.74) is 0. The van der Waals surface area contributed by atoms with Crippen LogP contribution in [0.1, 0.15) is 25.7 Å². The molecular weight excluding hydrogens is 138 g/mol. The van der Waals surface area contributed by atoms with Gasteiger partial charge < -0.3 is 10.4 Å². The second kappa shape index (κ2) is 4.73. The summed E-state index contributed by atoms with van der Waals surface area (Å²) in [6.07, 6.45) is 5.05. The van der Waals surface area contributed by atoms with E-state index in [9.17, 15) is 0 Å². The van der Waals surface area contributed by atoms with Gasteiger partial charge >= 0.3 is 0 Å². The molecule has 11 heavy (non-hydrogen) atoms. The van der Waals surface area contributed by atoms with E-state index in [1.54, 1.807) is 0 Å². The summed E-state index contributed by atoms with van der Waals surface area (Å²) >= 11 is 0. The molecule has 66 valence electrons. The molecule has 0 radical (unpaired) electrons. The third kappa shape index (κ3) is 2.80. The largest absolute Gasteiger partial charge is 0.396 e. The molecule has 0 aromatic rings. The van der Waals surface area contributed by atoms with E-state index >= 15 is 0 Å². The Morgan fingerprint density at radius 2 is 1.73 bits per heavy atom. The molecule has 0 aromatic heterocycles. The lowest BCUT2D eigenvalue weighted by atomic mass is 9.82. The summed E-state index contributed by atoms with van der Waals surface area (Å²) in [5, 5.41) is 12.1. The third-order valence-corrected chi connectivity index (χ3v) is 2.72. The highest BCUT2D eigenvalue weighted by Crippen LogP contribution is 2.27. The summed E-state index contributed by atoms with van der Waals surface area (Å²) < 4.78 is 0. The minimum absolute atomic E-state index is 0.395. The van der Waals surface area contributed by atoms with Crippen molar-refractivity contribution in [1.82, 2.24) is 5.32 Å². The number of hydrogen-bond acceptors (Lipinski definition) is 2. The average Bonchev–Trinajstić information content (AvgIpc) is 2.07. The molecule has 0 bridgehead atoms. The highest BCUT2D eigenvalue weighted by Gasteiger charge is 2.19. The Balaban J connectivity index is 2.14. The Hall–Kier alpha value is -0.0800. The monoisotopic (exact) mass is 157 g/mol. The maximum absolute atomic E-state index is 8.89. The molecule has 1 fully saturated rings. The van der Waals surface area contributed by atoms with Crippen LogP contribution >= 0.6 is 0 Å². The van der Waals surface area contributed by atoms with E-state index in [0.29, 0.717) is 12.5 Å². The Morgan fingerprint density at radius 3 is 2.18 bits per heavy atom. The topological polar surface area (TPSA) is 32.3 Å². The molecule has 2 heteroatoms. The molecule has 0 spiro atoms. The maximum atomic E-state index is 8.89. The standard InChI is InChI=1S/C9H19NO/c1-10-6-8-2-4-9(7-11)5-3-8/h8-11H,2-7H2,1H3/t8-,9-. The van der Waals surface area contributed by atoms with E-state index in [2.05, 4.69) is 5.32 Å². The van der Waals surface area contributed by atoms with Crippen molar-refractivity contribution in [3.05, 3.63) is 0 Å². The Morgan fingerprint density at radius 1 is 1.18 bits per heavy atom. The minimum Gasteiger partial charge on any atom is -0.396 e. The molecule has 0 amide bonds. The van der Waals surface area contributed by atoms with Crippen LogP contribution in [0.25, 0.3) is 0 Å². The highest BCUT2D eigenvalue weighted by molar-refractivity contribution is 4.72. The van der Waals surface area contributed by atoms with E-state index < -0.39 is 0 Å². The van der Waals surface area contributed by atoms with Crippen LogP contribution in [-0.4, -0.2) is 25.3 Å². The first-order valence-corrected chi connectivity index (χ1v) is 4.62.